The molecule has 0 aromatic carbocycles. The normalized spacial score (nSPS) is 22.6. The molecule has 12 heteroatoms. The number of anilines is 1. The second-order valence-electron chi connectivity index (χ2n) is 5.56. The molecule has 0 spiro atoms. The van der Waals surface area contributed by atoms with Crippen LogP contribution in [-0.4, -0.2) is 60.9 Å². The minimum absolute atomic E-state index is 0.0823. The number of oxime groups is 1. The van der Waals surface area contributed by atoms with Gasteiger partial charge in [0.2, 0.25) is 0 Å². The summed E-state index contributed by atoms with van der Waals surface area (Å²) in [6.07, 6.45) is 3.35. The second-order valence-corrected chi connectivity index (χ2v) is 7.55. The van der Waals surface area contributed by atoms with Gasteiger partial charge in [-0.15, -0.1) is 23.1 Å². The number of amides is 2. The molecule has 1 aromatic rings. The number of hydrogen-bond donors (Lipinski definition) is 4. The number of β-lactam (4-membered cyclic amide) rings is 1. The van der Waals surface area contributed by atoms with E-state index in [2.05, 4.69) is 15.5 Å². The SMILES string of the molecule is C/C=C/C1=C(C(=O)O)N2C(=O)C(NC(=O)/C(=N\O)c3csc(N)n3)[C@H]2SC1. The molecule has 142 valence electrons. The number of aliphatic carboxylic acids is 1. The van der Waals surface area contributed by atoms with Gasteiger partial charge in [0, 0.05) is 11.1 Å². The number of nitrogens with one attached hydrogen (secondary N) is 1. The van der Waals surface area contributed by atoms with E-state index in [9.17, 15) is 19.5 Å². The number of nitrogens with two attached hydrogens (primary N) is 1. The van der Waals surface area contributed by atoms with Crippen LogP contribution in [0.1, 0.15) is 12.6 Å². The molecule has 3 heterocycles. The molecule has 27 heavy (non-hydrogen) atoms. The van der Waals surface area contributed by atoms with Crippen LogP contribution < -0.4 is 11.1 Å². The molecule has 1 aromatic heterocycles. The monoisotopic (exact) mass is 409 g/mol. The van der Waals surface area contributed by atoms with Gasteiger partial charge in [-0.25, -0.2) is 9.78 Å². The standard InChI is InChI=1S/C15H15N5O5S2/c1-2-3-6-4-26-13-9(12(22)20(13)10(6)14(23)24)18-11(21)8(19-25)7-5-27-15(16)17-7/h2-3,5,9,13,25H,4H2,1H3,(H2,16,17)(H,18,21)(H,23,24)/b3-2+,19-8-/t9?,13-/m1/s1. The molecule has 0 saturated carbocycles. The van der Waals surface area contributed by atoms with Crippen molar-refractivity contribution >= 4 is 51.7 Å². The van der Waals surface area contributed by atoms with Crippen LogP contribution in [0.25, 0.3) is 0 Å². The summed E-state index contributed by atoms with van der Waals surface area (Å²) < 4.78 is 0. The van der Waals surface area contributed by atoms with Gasteiger partial charge < -0.3 is 21.4 Å². The summed E-state index contributed by atoms with van der Waals surface area (Å²) >= 11 is 2.41. The predicted molar refractivity (Wildman–Crippen MR) is 99.3 cm³/mol. The molecule has 0 radical (unpaired) electrons. The summed E-state index contributed by atoms with van der Waals surface area (Å²) in [5.41, 5.74) is 5.66. The van der Waals surface area contributed by atoms with Crippen molar-refractivity contribution in [1.82, 2.24) is 15.2 Å². The lowest BCUT2D eigenvalue weighted by molar-refractivity contribution is -0.150. The highest BCUT2D eigenvalue weighted by Crippen LogP contribution is 2.40. The fourth-order valence-electron chi connectivity index (χ4n) is 2.79. The highest BCUT2D eigenvalue weighted by molar-refractivity contribution is 8.00. The van der Waals surface area contributed by atoms with E-state index in [4.69, 9.17) is 10.9 Å². The second kappa shape index (κ2) is 7.40. The zero-order valence-corrected chi connectivity index (χ0v) is 15.6. The Kier molecular flexibility index (Phi) is 5.19. The molecule has 2 atom stereocenters. The highest BCUT2D eigenvalue weighted by Gasteiger charge is 2.54. The van der Waals surface area contributed by atoms with Crippen LogP contribution in [-0.2, 0) is 14.4 Å². The summed E-state index contributed by atoms with van der Waals surface area (Å²) in [6, 6.07) is -0.934. The number of thioether (sulfide) groups is 1. The maximum absolute atomic E-state index is 12.5. The largest absolute Gasteiger partial charge is 0.477 e. The average molecular weight is 409 g/mol. The highest BCUT2D eigenvalue weighted by atomic mass is 32.2. The van der Waals surface area contributed by atoms with Gasteiger partial charge in [0.1, 0.15) is 22.8 Å². The van der Waals surface area contributed by atoms with E-state index >= 15 is 0 Å². The third-order valence-electron chi connectivity index (χ3n) is 3.93. The molecular formula is C15H15N5O5S2. The Balaban J connectivity index is 1.79. The van der Waals surface area contributed by atoms with Gasteiger partial charge in [0.05, 0.1) is 0 Å². The molecule has 5 N–H and O–H groups in total. The number of nitrogen functional groups attached to an aromatic ring is 1. The number of carboxylic acids is 1. The van der Waals surface area contributed by atoms with Gasteiger partial charge in [0.15, 0.2) is 10.8 Å². The number of rotatable bonds is 5. The Morgan fingerprint density at radius 1 is 1.52 bits per heavy atom. The predicted octanol–water partition coefficient (Wildman–Crippen LogP) is 0.218. The van der Waals surface area contributed by atoms with Crippen LogP contribution in [0, 0.1) is 0 Å². The topological polar surface area (TPSA) is 158 Å². The van der Waals surface area contributed by atoms with Crippen LogP contribution in [0.15, 0.2) is 34.0 Å². The van der Waals surface area contributed by atoms with Gasteiger partial charge >= 0.3 is 5.97 Å². The number of carbonyl (C=O) groups excluding carboxylic acids is 2. The minimum Gasteiger partial charge on any atom is -0.477 e. The first-order chi connectivity index (χ1) is 12.9. The lowest BCUT2D eigenvalue weighted by Gasteiger charge is -2.49. The Morgan fingerprint density at radius 2 is 2.26 bits per heavy atom. The molecule has 1 unspecified atom stereocenters. The van der Waals surface area contributed by atoms with E-state index < -0.39 is 29.2 Å². The summed E-state index contributed by atoms with van der Waals surface area (Å²) in [5.74, 6) is -2.17. The Bertz CT molecular complexity index is 906. The lowest BCUT2D eigenvalue weighted by Crippen LogP contribution is -2.71. The van der Waals surface area contributed by atoms with E-state index in [0.29, 0.717) is 11.3 Å². The molecule has 3 rings (SSSR count). The Hall–Kier alpha value is -2.86. The third-order valence-corrected chi connectivity index (χ3v) is 5.91. The van der Waals surface area contributed by atoms with Crippen LogP contribution in [0.3, 0.4) is 0 Å². The third kappa shape index (κ3) is 3.28. The molecular weight excluding hydrogens is 394 g/mol. The van der Waals surface area contributed by atoms with Crippen molar-refractivity contribution in [2.75, 3.05) is 11.5 Å². The van der Waals surface area contributed by atoms with Crippen LogP contribution in [0.4, 0.5) is 5.13 Å². The maximum atomic E-state index is 12.5. The Labute approximate surface area is 161 Å². The molecule has 1 fully saturated rings. The van der Waals surface area contributed by atoms with Crippen molar-refractivity contribution in [2.24, 2.45) is 5.16 Å². The van der Waals surface area contributed by atoms with E-state index in [1.807, 2.05) is 0 Å². The maximum Gasteiger partial charge on any atom is 0.352 e. The summed E-state index contributed by atoms with van der Waals surface area (Å²) in [5, 5.41) is 25.1. The summed E-state index contributed by atoms with van der Waals surface area (Å²) in [6.45, 7) is 1.76. The lowest BCUT2D eigenvalue weighted by atomic mass is 10.0. The van der Waals surface area contributed by atoms with Crippen molar-refractivity contribution in [3.8, 4) is 0 Å². The van der Waals surface area contributed by atoms with Crippen LogP contribution >= 0.6 is 23.1 Å². The van der Waals surface area contributed by atoms with Crippen molar-refractivity contribution in [3.63, 3.8) is 0 Å². The first-order valence-corrected chi connectivity index (χ1v) is 9.60. The van der Waals surface area contributed by atoms with E-state index in [1.54, 1.807) is 19.1 Å². The number of aromatic nitrogens is 1. The molecule has 2 aliphatic rings. The number of allylic oxidation sites excluding steroid dienone is 2. The van der Waals surface area contributed by atoms with Crippen molar-refractivity contribution < 1.29 is 24.7 Å². The zero-order valence-electron chi connectivity index (χ0n) is 13.9. The van der Waals surface area contributed by atoms with Gasteiger partial charge in [-0.1, -0.05) is 17.3 Å². The fourth-order valence-corrected chi connectivity index (χ4v) is 4.66. The first-order valence-electron chi connectivity index (χ1n) is 7.67. The molecule has 0 bridgehead atoms. The van der Waals surface area contributed by atoms with Crippen LogP contribution in [0.5, 0.6) is 0 Å². The Morgan fingerprint density at radius 3 is 2.81 bits per heavy atom. The summed E-state index contributed by atoms with van der Waals surface area (Å²) in [7, 11) is 0. The first kappa shape index (κ1) is 18.9. The minimum atomic E-state index is -1.21. The summed E-state index contributed by atoms with van der Waals surface area (Å²) in [4.78, 5) is 41.5. The molecule has 10 nitrogen and oxygen atoms in total. The van der Waals surface area contributed by atoms with Gasteiger partial charge in [0.25, 0.3) is 11.8 Å². The van der Waals surface area contributed by atoms with E-state index in [-0.39, 0.29) is 22.2 Å². The number of carboxylic acid groups (broad SMARTS) is 1. The number of nitrogens with zero attached hydrogens (tertiary/aromatic N) is 3. The number of thiazole rings is 1. The molecule has 2 amide bonds. The van der Waals surface area contributed by atoms with E-state index in [0.717, 1.165) is 16.2 Å². The van der Waals surface area contributed by atoms with Gasteiger partial charge in [-0.3, -0.25) is 14.5 Å². The van der Waals surface area contributed by atoms with Crippen LogP contribution in [0.2, 0.25) is 0 Å². The zero-order chi connectivity index (χ0) is 19.7. The number of carbonyl (C=O) groups is 3. The van der Waals surface area contributed by atoms with E-state index in [1.165, 1.54) is 17.1 Å². The number of hydrogen-bond acceptors (Lipinski definition) is 9. The number of fused-ring (bicyclic) bond motifs is 1. The quantitative estimate of drug-likeness (QED) is 0.233. The van der Waals surface area contributed by atoms with Gasteiger partial charge in [-0.05, 0) is 12.5 Å². The molecule has 1 saturated heterocycles. The molecule has 0 aliphatic carbocycles. The van der Waals surface area contributed by atoms with Crippen molar-refractivity contribution in [3.05, 3.63) is 34.5 Å². The van der Waals surface area contributed by atoms with Crippen molar-refractivity contribution in [1.29, 1.82) is 0 Å². The van der Waals surface area contributed by atoms with Gasteiger partial charge in [-0.2, -0.15) is 0 Å². The smallest absolute Gasteiger partial charge is 0.352 e. The fraction of sp³-hybridized carbons (Fsp3) is 0.267. The average Bonchev–Trinajstić information content (AvgIpc) is 3.05. The van der Waals surface area contributed by atoms with Crippen molar-refractivity contribution in [2.45, 2.75) is 18.3 Å². The molecule has 2 aliphatic heterocycles.